The summed E-state index contributed by atoms with van der Waals surface area (Å²) in [6.45, 7) is 1.77. The van der Waals surface area contributed by atoms with Crippen LogP contribution in [0.3, 0.4) is 0 Å². The Morgan fingerprint density at radius 1 is 1.32 bits per heavy atom. The molecule has 25 heavy (non-hydrogen) atoms. The van der Waals surface area contributed by atoms with E-state index in [0.717, 1.165) is 48.4 Å². The van der Waals surface area contributed by atoms with Gasteiger partial charge in [0, 0.05) is 51.1 Å². The molecular formula is C19H22BrNO2S2. The first-order valence-corrected chi connectivity index (χ1v) is 11.2. The van der Waals surface area contributed by atoms with E-state index in [1.807, 2.05) is 29.3 Å². The number of halogens is 1. The van der Waals surface area contributed by atoms with Crippen LogP contribution in [0.1, 0.15) is 29.7 Å². The van der Waals surface area contributed by atoms with Crippen molar-refractivity contribution in [3.8, 4) is 0 Å². The summed E-state index contributed by atoms with van der Waals surface area (Å²) < 4.78 is 6.49. The Bertz CT molecular complexity index is 698. The maximum absolute atomic E-state index is 12.2. The smallest absolute Gasteiger partial charge is 0.224 e. The third kappa shape index (κ3) is 6.44. The summed E-state index contributed by atoms with van der Waals surface area (Å²) in [6, 6.07) is 10.3. The minimum Gasteiger partial charge on any atom is -0.381 e. The van der Waals surface area contributed by atoms with Crippen LogP contribution in [0.2, 0.25) is 0 Å². The lowest BCUT2D eigenvalue weighted by Crippen LogP contribution is -2.17. The number of nitrogens with one attached hydrogen (secondary N) is 1. The summed E-state index contributed by atoms with van der Waals surface area (Å²) in [5.74, 6) is 1.05. The molecule has 0 atom stereocenters. The standard InChI is InChI=1S/C19H22BrNO2S2/c20-15-11-18(25-13-15)4-5-19(22)21-16-3-1-2-14(10-16)12-24-17-6-8-23-9-7-17/h1-3,10-11,13,17H,4-9,12H2,(H,21,22). The van der Waals surface area contributed by atoms with E-state index in [4.69, 9.17) is 4.74 Å². The lowest BCUT2D eigenvalue weighted by molar-refractivity contribution is -0.116. The molecular weight excluding hydrogens is 418 g/mol. The van der Waals surface area contributed by atoms with Gasteiger partial charge in [0.2, 0.25) is 5.91 Å². The van der Waals surface area contributed by atoms with E-state index in [0.29, 0.717) is 11.7 Å². The van der Waals surface area contributed by atoms with Crippen LogP contribution in [-0.4, -0.2) is 24.4 Å². The van der Waals surface area contributed by atoms with E-state index in [9.17, 15) is 4.79 Å². The summed E-state index contributed by atoms with van der Waals surface area (Å²) in [5.41, 5.74) is 2.15. The first-order chi connectivity index (χ1) is 12.2. The largest absolute Gasteiger partial charge is 0.381 e. The summed E-state index contributed by atoms with van der Waals surface area (Å²) in [6.07, 6.45) is 3.56. The number of carbonyl (C=O) groups excluding carboxylic acids is 1. The van der Waals surface area contributed by atoms with Gasteiger partial charge >= 0.3 is 0 Å². The highest BCUT2D eigenvalue weighted by atomic mass is 79.9. The first kappa shape index (κ1) is 19.0. The van der Waals surface area contributed by atoms with Gasteiger partial charge in [-0.05, 0) is 59.0 Å². The molecule has 0 radical (unpaired) electrons. The predicted octanol–water partition coefficient (Wildman–Crippen LogP) is 5.49. The number of thiophene rings is 1. The predicted molar refractivity (Wildman–Crippen MR) is 111 cm³/mol. The Balaban J connectivity index is 1.46. The molecule has 134 valence electrons. The SMILES string of the molecule is O=C(CCc1cc(Br)cs1)Nc1cccc(CSC2CCOCC2)c1. The number of anilines is 1. The Morgan fingerprint density at radius 2 is 2.16 bits per heavy atom. The number of carbonyl (C=O) groups is 1. The molecule has 0 aliphatic carbocycles. The molecule has 3 rings (SSSR count). The zero-order valence-corrected chi connectivity index (χ0v) is 17.2. The van der Waals surface area contributed by atoms with Gasteiger partial charge in [0.25, 0.3) is 0 Å². The summed E-state index contributed by atoms with van der Waals surface area (Å²) in [4.78, 5) is 13.4. The lowest BCUT2D eigenvalue weighted by atomic mass is 10.2. The molecule has 2 aromatic rings. The number of hydrogen-bond donors (Lipinski definition) is 1. The molecule has 1 N–H and O–H groups in total. The molecule has 6 heteroatoms. The third-order valence-electron chi connectivity index (χ3n) is 4.08. The average molecular weight is 440 g/mol. The fourth-order valence-electron chi connectivity index (χ4n) is 2.74. The number of ether oxygens (including phenoxy) is 1. The van der Waals surface area contributed by atoms with Crippen molar-refractivity contribution < 1.29 is 9.53 Å². The number of hydrogen-bond acceptors (Lipinski definition) is 4. The Morgan fingerprint density at radius 3 is 2.92 bits per heavy atom. The molecule has 3 nitrogen and oxygen atoms in total. The van der Waals surface area contributed by atoms with Crippen molar-refractivity contribution in [2.75, 3.05) is 18.5 Å². The normalized spacial score (nSPS) is 15.2. The van der Waals surface area contributed by atoms with Gasteiger partial charge in [0.1, 0.15) is 0 Å². The molecule has 0 bridgehead atoms. The number of benzene rings is 1. The van der Waals surface area contributed by atoms with E-state index in [-0.39, 0.29) is 5.91 Å². The Labute approximate surface area is 165 Å². The quantitative estimate of drug-likeness (QED) is 0.619. The molecule has 0 unspecified atom stereocenters. The van der Waals surface area contributed by atoms with Crippen molar-refractivity contribution in [3.05, 3.63) is 50.6 Å². The van der Waals surface area contributed by atoms with E-state index >= 15 is 0 Å². The van der Waals surface area contributed by atoms with Crippen LogP contribution in [0.5, 0.6) is 0 Å². The zero-order chi connectivity index (χ0) is 17.5. The second-order valence-corrected chi connectivity index (χ2v) is 9.30. The highest BCUT2D eigenvalue weighted by Gasteiger charge is 2.14. The van der Waals surface area contributed by atoms with Gasteiger partial charge in [-0.25, -0.2) is 0 Å². The average Bonchev–Trinajstić information content (AvgIpc) is 3.05. The van der Waals surface area contributed by atoms with E-state index in [1.165, 1.54) is 10.4 Å². The summed E-state index contributed by atoms with van der Waals surface area (Å²) >= 11 is 7.12. The van der Waals surface area contributed by atoms with Gasteiger partial charge in [-0.3, -0.25) is 4.79 Å². The monoisotopic (exact) mass is 439 g/mol. The van der Waals surface area contributed by atoms with Gasteiger partial charge in [-0.2, -0.15) is 11.8 Å². The summed E-state index contributed by atoms with van der Waals surface area (Å²) in [5, 5.41) is 5.76. The van der Waals surface area contributed by atoms with Crippen LogP contribution in [0.25, 0.3) is 0 Å². The number of rotatable bonds is 7. The lowest BCUT2D eigenvalue weighted by Gasteiger charge is -2.21. The highest BCUT2D eigenvalue weighted by molar-refractivity contribution is 9.10. The van der Waals surface area contributed by atoms with Crippen LogP contribution >= 0.6 is 39.0 Å². The van der Waals surface area contributed by atoms with Gasteiger partial charge in [-0.15, -0.1) is 11.3 Å². The fraction of sp³-hybridized carbons (Fsp3) is 0.421. The van der Waals surface area contributed by atoms with E-state index < -0.39 is 0 Å². The molecule has 1 saturated heterocycles. The maximum Gasteiger partial charge on any atom is 0.224 e. The molecule has 1 aliphatic heterocycles. The Kier molecular flexibility index (Phi) is 7.40. The fourth-order valence-corrected chi connectivity index (χ4v) is 5.33. The molecule has 1 fully saturated rings. The van der Waals surface area contributed by atoms with Gasteiger partial charge in [0.05, 0.1) is 0 Å². The number of amides is 1. The number of thioether (sulfide) groups is 1. The third-order valence-corrected chi connectivity index (χ3v) is 7.29. The van der Waals surface area contributed by atoms with E-state index in [2.05, 4.69) is 39.4 Å². The van der Waals surface area contributed by atoms with Crippen molar-refractivity contribution >= 4 is 50.6 Å². The van der Waals surface area contributed by atoms with Crippen molar-refractivity contribution in [1.29, 1.82) is 0 Å². The van der Waals surface area contributed by atoms with Crippen LogP contribution in [-0.2, 0) is 21.7 Å². The molecule has 2 heterocycles. The molecule has 1 aromatic carbocycles. The van der Waals surface area contributed by atoms with Crippen molar-refractivity contribution in [3.63, 3.8) is 0 Å². The summed E-state index contributed by atoms with van der Waals surface area (Å²) in [7, 11) is 0. The van der Waals surface area contributed by atoms with Crippen molar-refractivity contribution in [2.45, 2.75) is 36.7 Å². The van der Waals surface area contributed by atoms with Gasteiger partial charge in [0.15, 0.2) is 0 Å². The zero-order valence-electron chi connectivity index (χ0n) is 14.0. The van der Waals surface area contributed by atoms with Gasteiger partial charge < -0.3 is 10.1 Å². The van der Waals surface area contributed by atoms with Crippen LogP contribution in [0, 0.1) is 0 Å². The first-order valence-electron chi connectivity index (χ1n) is 8.50. The van der Waals surface area contributed by atoms with E-state index in [1.54, 1.807) is 11.3 Å². The van der Waals surface area contributed by atoms with Crippen LogP contribution in [0.4, 0.5) is 5.69 Å². The molecule has 1 amide bonds. The minimum atomic E-state index is 0.0683. The highest BCUT2D eigenvalue weighted by Crippen LogP contribution is 2.26. The molecule has 0 saturated carbocycles. The molecule has 0 spiro atoms. The van der Waals surface area contributed by atoms with Gasteiger partial charge in [-0.1, -0.05) is 12.1 Å². The van der Waals surface area contributed by atoms with Crippen molar-refractivity contribution in [2.24, 2.45) is 0 Å². The molecule has 1 aliphatic rings. The van der Waals surface area contributed by atoms with Crippen LogP contribution < -0.4 is 5.32 Å². The second kappa shape index (κ2) is 9.76. The molecule has 1 aromatic heterocycles. The Hall–Kier alpha value is -0.820. The van der Waals surface area contributed by atoms with Crippen LogP contribution in [0.15, 0.2) is 40.2 Å². The minimum absolute atomic E-state index is 0.0683. The van der Waals surface area contributed by atoms with Crippen molar-refractivity contribution in [1.82, 2.24) is 0 Å². The second-order valence-electron chi connectivity index (χ2n) is 6.10. The maximum atomic E-state index is 12.2. The topological polar surface area (TPSA) is 38.3 Å². The number of aryl methyl sites for hydroxylation is 1.